The van der Waals surface area contributed by atoms with Crippen molar-refractivity contribution in [2.45, 2.75) is 67.3 Å². The van der Waals surface area contributed by atoms with Crippen molar-refractivity contribution in [1.29, 1.82) is 0 Å². The van der Waals surface area contributed by atoms with Crippen LogP contribution < -0.4 is 15.4 Å². The molecule has 13 heteroatoms. The summed E-state index contributed by atoms with van der Waals surface area (Å²) in [5.74, 6) is -3.83. The summed E-state index contributed by atoms with van der Waals surface area (Å²) in [6, 6.07) is 6.81. The van der Waals surface area contributed by atoms with Gasteiger partial charge in [-0.2, -0.15) is 0 Å². The molecule has 0 aliphatic heterocycles. The molecule has 5 rings (SSSR count). The average molecular weight is 625 g/mol. The number of hydrogen-bond donors (Lipinski definition) is 3. The Morgan fingerprint density at radius 3 is 2.37 bits per heavy atom. The van der Waals surface area contributed by atoms with E-state index < -0.39 is 63.1 Å². The molecule has 8 nitrogen and oxygen atoms in total. The molecule has 0 radical (unpaired) electrons. The quantitative estimate of drug-likeness (QED) is 0.259. The lowest BCUT2D eigenvalue weighted by atomic mass is 9.78. The van der Waals surface area contributed by atoms with Crippen molar-refractivity contribution >= 4 is 34.6 Å². The molecule has 0 aromatic heterocycles. The van der Waals surface area contributed by atoms with Crippen molar-refractivity contribution in [3.8, 4) is 5.75 Å². The molecule has 3 aliphatic carbocycles. The van der Waals surface area contributed by atoms with Gasteiger partial charge in [-0.05, 0) is 86.5 Å². The number of carboxylic acid groups (broad SMARTS) is 1. The Kier molecular flexibility index (Phi) is 8.94. The van der Waals surface area contributed by atoms with Crippen LogP contribution in [0.5, 0.6) is 5.75 Å². The Labute approximate surface area is 248 Å². The van der Waals surface area contributed by atoms with Crippen LogP contribution in [0.25, 0.3) is 0 Å². The molecule has 0 saturated heterocycles. The fourth-order valence-corrected chi connectivity index (χ4v) is 7.74. The second-order valence-electron chi connectivity index (χ2n) is 11.6. The summed E-state index contributed by atoms with van der Waals surface area (Å²) in [6.45, 7) is 0. The van der Waals surface area contributed by atoms with Crippen molar-refractivity contribution in [1.82, 2.24) is 5.32 Å². The van der Waals surface area contributed by atoms with Crippen molar-refractivity contribution in [2.24, 2.45) is 23.7 Å². The van der Waals surface area contributed by atoms with Crippen LogP contribution in [0.3, 0.4) is 0 Å². The first-order valence-corrected chi connectivity index (χ1v) is 15.3. The molecule has 3 fully saturated rings. The molecule has 1 unspecified atom stereocenters. The summed E-state index contributed by atoms with van der Waals surface area (Å²) >= 11 is -3.25. The monoisotopic (exact) mass is 624 g/mol. The summed E-state index contributed by atoms with van der Waals surface area (Å²) in [7, 11) is 1.32. The Hall–Kier alpha value is -3.32. The number of carbonyl (C=O) groups is 3. The smallest absolute Gasteiger partial charge is 0.578 e. The normalized spacial score (nSPS) is 27.4. The topological polar surface area (TPSA) is 128 Å². The van der Waals surface area contributed by atoms with Gasteiger partial charge >= 0.3 is 11.5 Å². The van der Waals surface area contributed by atoms with E-state index in [0.717, 1.165) is 31.0 Å². The Morgan fingerprint density at radius 2 is 1.72 bits per heavy atom. The molecule has 2 aromatic carbocycles. The lowest BCUT2D eigenvalue weighted by molar-refractivity contribution is -0.142. The minimum Gasteiger partial charge on any atom is -0.604 e. The van der Waals surface area contributed by atoms with E-state index in [1.807, 2.05) is 0 Å². The first-order valence-electron chi connectivity index (χ1n) is 14.2. The average Bonchev–Trinajstić information content (AvgIpc) is 3.58. The van der Waals surface area contributed by atoms with Crippen LogP contribution in [-0.2, 0) is 20.8 Å². The standard InChI is InChI=1S/C30H32F4N2O6S/c1-42-24-14-23(31)21(15-5-7-16(8-6-15)29(39)40)13-22(24)27(37)36-26-18-10-9-17(11-18)25(26)28(38)35-19-3-2-4-20(12-19)43(41)30(32,33)34/h2-4,12-18,25-26H,5-11H2,1H3,(H,35,38)(H,36,37)(H,39,40)/t15-,16+,17-,18+,25+,26-,43?/m1/s1. The van der Waals surface area contributed by atoms with Crippen LogP contribution in [0.1, 0.15) is 66.8 Å². The molecule has 2 aromatic rings. The Morgan fingerprint density at radius 1 is 1.02 bits per heavy atom. The molecule has 0 spiro atoms. The third kappa shape index (κ3) is 6.47. The number of aliphatic carboxylic acids is 1. The van der Waals surface area contributed by atoms with Gasteiger partial charge in [0.15, 0.2) is 4.90 Å². The number of alkyl halides is 3. The van der Waals surface area contributed by atoms with Gasteiger partial charge in [0.05, 0.1) is 35.7 Å². The molecule has 3 aliphatic rings. The molecule has 3 N–H and O–H groups in total. The van der Waals surface area contributed by atoms with Crippen LogP contribution in [-0.4, -0.2) is 46.1 Å². The number of amides is 2. The maximum Gasteiger partial charge on any atom is 0.578 e. The highest BCUT2D eigenvalue weighted by Crippen LogP contribution is 2.49. The Balaban J connectivity index is 1.33. The van der Waals surface area contributed by atoms with Crippen molar-refractivity contribution in [3.05, 3.63) is 53.3 Å². The minimum absolute atomic E-state index is 0.00553. The number of halogens is 4. The number of ether oxygens (including phenoxy) is 1. The minimum atomic E-state index is -4.94. The molecule has 43 heavy (non-hydrogen) atoms. The van der Waals surface area contributed by atoms with Gasteiger partial charge in [0, 0.05) is 23.9 Å². The zero-order chi connectivity index (χ0) is 31.1. The second-order valence-corrected chi connectivity index (χ2v) is 13.0. The zero-order valence-corrected chi connectivity index (χ0v) is 24.1. The molecule has 3 saturated carbocycles. The highest BCUT2D eigenvalue weighted by Gasteiger charge is 2.52. The lowest BCUT2D eigenvalue weighted by Gasteiger charge is -2.31. The summed E-state index contributed by atoms with van der Waals surface area (Å²) in [4.78, 5) is 37.9. The Bertz CT molecular complexity index is 1400. The number of benzene rings is 2. The van der Waals surface area contributed by atoms with E-state index in [9.17, 15) is 37.2 Å². The molecule has 5 atom stereocenters. The highest BCUT2D eigenvalue weighted by molar-refractivity contribution is 7.92. The van der Waals surface area contributed by atoms with E-state index in [1.54, 1.807) is 0 Å². The summed E-state index contributed by atoms with van der Waals surface area (Å²) in [6.07, 6.45) is 3.99. The third-order valence-corrected chi connectivity index (χ3v) is 10.2. The first kappa shape index (κ1) is 31.1. The maximum atomic E-state index is 15.1. The number of rotatable bonds is 8. The fraction of sp³-hybridized carbons (Fsp3) is 0.500. The number of methoxy groups -OCH3 is 1. The van der Waals surface area contributed by atoms with Gasteiger partial charge in [-0.3, -0.25) is 14.4 Å². The number of carbonyl (C=O) groups excluding carboxylic acids is 2. The first-order chi connectivity index (χ1) is 20.4. The van der Waals surface area contributed by atoms with Gasteiger partial charge in [-0.1, -0.05) is 6.07 Å². The van der Waals surface area contributed by atoms with Gasteiger partial charge in [-0.15, -0.1) is 13.2 Å². The molecular weight excluding hydrogens is 592 g/mol. The lowest BCUT2D eigenvalue weighted by Crippen LogP contribution is -2.48. The van der Waals surface area contributed by atoms with E-state index in [2.05, 4.69) is 10.6 Å². The molecule has 2 amide bonds. The van der Waals surface area contributed by atoms with Crippen LogP contribution >= 0.6 is 0 Å². The number of fused-ring (bicyclic) bond motifs is 2. The largest absolute Gasteiger partial charge is 0.604 e. The molecule has 0 heterocycles. The highest BCUT2D eigenvalue weighted by atomic mass is 32.2. The number of nitrogens with one attached hydrogen (secondary N) is 2. The van der Waals surface area contributed by atoms with E-state index in [4.69, 9.17) is 4.74 Å². The van der Waals surface area contributed by atoms with Crippen LogP contribution in [0, 0.1) is 29.5 Å². The van der Waals surface area contributed by atoms with E-state index in [0.29, 0.717) is 37.7 Å². The summed E-state index contributed by atoms with van der Waals surface area (Å²) < 4.78 is 71.1. The summed E-state index contributed by atoms with van der Waals surface area (Å²) in [5, 5.41) is 14.9. The van der Waals surface area contributed by atoms with Crippen molar-refractivity contribution in [2.75, 3.05) is 12.4 Å². The van der Waals surface area contributed by atoms with Crippen LogP contribution in [0.15, 0.2) is 41.3 Å². The van der Waals surface area contributed by atoms with E-state index in [1.165, 1.54) is 25.3 Å². The van der Waals surface area contributed by atoms with Gasteiger partial charge in [0.1, 0.15) is 11.6 Å². The fourth-order valence-electron chi connectivity index (χ4n) is 7.04. The molecule has 232 valence electrons. The predicted molar refractivity (Wildman–Crippen MR) is 148 cm³/mol. The van der Waals surface area contributed by atoms with Crippen molar-refractivity contribution in [3.63, 3.8) is 0 Å². The van der Waals surface area contributed by atoms with Gasteiger partial charge < -0.3 is 25.0 Å². The maximum absolute atomic E-state index is 15.1. The van der Waals surface area contributed by atoms with Crippen molar-refractivity contribution < 1.29 is 46.3 Å². The zero-order valence-electron chi connectivity index (χ0n) is 23.3. The molecule has 2 bridgehead atoms. The second kappa shape index (κ2) is 12.4. The van der Waals surface area contributed by atoms with Gasteiger partial charge in [0.2, 0.25) is 5.91 Å². The van der Waals surface area contributed by atoms with E-state index in [-0.39, 0.29) is 34.8 Å². The molecular formula is C30H32F4N2O6S. The van der Waals surface area contributed by atoms with Crippen LogP contribution in [0.4, 0.5) is 23.2 Å². The number of hydrogen-bond acceptors (Lipinski definition) is 5. The number of anilines is 1. The summed E-state index contributed by atoms with van der Waals surface area (Å²) in [5.41, 5.74) is -4.46. The number of carboxylic acids is 1. The predicted octanol–water partition coefficient (Wildman–Crippen LogP) is 5.60. The van der Waals surface area contributed by atoms with Gasteiger partial charge in [-0.25, -0.2) is 4.39 Å². The van der Waals surface area contributed by atoms with E-state index >= 15 is 4.39 Å². The van der Waals surface area contributed by atoms with Gasteiger partial charge in [0.25, 0.3) is 5.91 Å². The van der Waals surface area contributed by atoms with Crippen LogP contribution in [0.2, 0.25) is 0 Å². The SMILES string of the molecule is COc1cc(F)c([C@H]2CC[C@@H](C(=O)O)CC2)cc1C(=O)N[C@@H]1[C@H]2CC[C@H](C2)[C@@H]1C(=O)Nc1cccc([S+]([O-])C(F)(F)F)c1. The third-order valence-electron chi connectivity index (χ3n) is 9.12.